The van der Waals surface area contributed by atoms with Gasteiger partial charge in [0.2, 0.25) is 5.91 Å². The lowest BCUT2D eigenvalue weighted by Crippen LogP contribution is -2.22. The molecule has 5 N–H and O–H groups in total. The van der Waals surface area contributed by atoms with Gasteiger partial charge in [0.15, 0.2) is 11.4 Å². The number of aliphatic hydroxyl groups is 1. The molecule has 2 amide bonds. The van der Waals surface area contributed by atoms with E-state index >= 15 is 0 Å². The predicted octanol–water partition coefficient (Wildman–Crippen LogP) is 1.37. The molecule has 1 aromatic heterocycles. The molecule has 8 nitrogen and oxygen atoms in total. The van der Waals surface area contributed by atoms with Crippen molar-refractivity contribution in [1.82, 2.24) is 10.5 Å². The molecule has 2 rings (SSSR count). The summed E-state index contributed by atoms with van der Waals surface area (Å²) in [5.41, 5.74) is 1.06. The molecule has 0 atom stereocenters. The van der Waals surface area contributed by atoms with E-state index in [1.165, 1.54) is 17.6 Å². The summed E-state index contributed by atoms with van der Waals surface area (Å²) < 4.78 is 13.1. The number of nitrogens with one attached hydrogen (secondary N) is 2. The smallest absolute Gasteiger partial charge is 0.297 e. The van der Waals surface area contributed by atoms with Crippen LogP contribution in [0.25, 0.3) is 0 Å². The predicted molar refractivity (Wildman–Crippen MR) is 84.8 cm³/mol. The summed E-state index contributed by atoms with van der Waals surface area (Å²) in [6, 6.07) is 3.81. The van der Waals surface area contributed by atoms with Crippen molar-refractivity contribution in [3.63, 3.8) is 0 Å². The van der Waals surface area contributed by atoms with Gasteiger partial charge < -0.3 is 15.5 Å². The van der Waals surface area contributed by atoms with Gasteiger partial charge in [-0.1, -0.05) is 17.7 Å². The van der Waals surface area contributed by atoms with Crippen LogP contribution in [0.2, 0.25) is 5.02 Å². The Bertz CT molecular complexity index is 831. The van der Waals surface area contributed by atoms with E-state index in [-0.39, 0.29) is 22.7 Å². The molecule has 0 spiro atoms. The number of hydrogen-bond donors (Lipinski definition) is 5. The summed E-state index contributed by atoms with van der Waals surface area (Å²) in [6.07, 6.45) is 0.899. The number of halogens is 2. The maximum Gasteiger partial charge on any atom is 0.297 e. The van der Waals surface area contributed by atoms with E-state index in [4.69, 9.17) is 16.8 Å². The van der Waals surface area contributed by atoms with Gasteiger partial charge in [-0.3, -0.25) is 14.8 Å². The number of carbonyl (C=O) groups is 2. The third-order valence-corrected chi connectivity index (χ3v) is 3.55. The summed E-state index contributed by atoms with van der Waals surface area (Å²) >= 11 is 5.65. The molecule has 0 saturated carbocycles. The summed E-state index contributed by atoms with van der Waals surface area (Å²) in [6.45, 7) is -0.696. The van der Waals surface area contributed by atoms with Crippen LogP contribution in [0.5, 0.6) is 5.75 Å². The maximum atomic E-state index is 13.1. The van der Waals surface area contributed by atoms with Gasteiger partial charge >= 0.3 is 0 Å². The van der Waals surface area contributed by atoms with Gasteiger partial charge in [0.25, 0.3) is 5.91 Å². The number of pyridine rings is 1. The first-order valence-corrected chi connectivity index (χ1v) is 7.25. The van der Waals surface area contributed by atoms with Gasteiger partial charge in [-0.25, -0.2) is 14.9 Å². The number of hydrogen-bond acceptors (Lipinski definition) is 6. The Morgan fingerprint density at radius 1 is 1.32 bits per heavy atom. The second-order valence-corrected chi connectivity index (χ2v) is 5.33. The lowest BCUT2D eigenvalue weighted by molar-refractivity contribution is -0.115. The standard InChI is InChI=1S/C15H13ClFN3O5/c16-9-3-7(1-2-10(9)17)4-12(22)19-11-5-18-13(15(24)20-25)14(23)8(11)6-21/h1-3,5,21,23,25H,4,6H2,(H,19,22)(H,20,24). The molecule has 0 bridgehead atoms. The van der Waals surface area contributed by atoms with E-state index < -0.39 is 35.7 Å². The number of aliphatic hydroxyl groups excluding tert-OH is 1. The third kappa shape index (κ3) is 4.21. The van der Waals surface area contributed by atoms with E-state index in [2.05, 4.69) is 10.3 Å². The highest BCUT2D eigenvalue weighted by molar-refractivity contribution is 6.30. The number of hydroxylamine groups is 1. The van der Waals surface area contributed by atoms with Gasteiger partial charge in [-0.15, -0.1) is 0 Å². The van der Waals surface area contributed by atoms with E-state index in [0.717, 1.165) is 12.3 Å². The van der Waals surface area contributed by atoms with Crippen molar-refractivity contribution in [3.8, 4) is 5.75 Å². The van der Waals surface area contributed by atoms with Gasteiger partial charge in [-0.2, -0.15) is 0 Å². The minimum atomic E-state index is -1.08. The number of benzene rings is 1. The topological polar surface area (TPSA) is 132 Å². The van der Waals surface area contributed by atoms with E-state index in [1.807, 2.05) is 0 Å². The summed E-state index contributed by atoms with van der Waals surface area (Å²) in [5.74, 6) is -2.92. The van der Waals surface area contributed by atoms with Crippen molar-refractivity contribution in [2.45, 2.75) is 13.0 Å². The Labute approximate surface area is 145 Å². The van der Waals surface area contributed by atoms with Crippen LogP contribution >= 0.6 is 11.6 Å². The average Bonchev–Trinajstić information content (AvgIpc) is 2.58. The number of aromatic hydroxyl groups is 1. The van der Waals surface area contributed by atoms with Crippen LogP contribution in [-0.4, -0.2) is 32.2 Å². The van der Waals surface area contributed by atoms with Crippen LogP contribution in [0.15, 0.2) is 24.4 Å². The molecule has 0 radical (unpaired) electrons. The first kappa shape index (κ1) is 18.6. The number of carbonyl (C=O) groups excluding carboxylic acids is 2. The number of anilines is 1. The Balaban J connectivity index is 2.21. The normalized spacial score (nSPS) is 10.4. The van der Waals surface area contributed by atoms with E-state index in [1.54, 1.807) is 0 Å². The first-order chi connectivity index (χ1) is 11.9. The second kappa shape index (κ2) is 7.88. The highest BCUT2D eigenvalue weighted by Gasteiger charge is 2.20. The number of aromatic nitrogens is 1. The van der Waals surface area contributed by atoms with Crippen molar-refractivity contribution in [2.75, 3.05) is 5.32 Å². The zero-order valence-corrected chi connectivity index (χ0v) is 13.3. The Morgan fingerprint density at radius 2 is 2.04 bits per heavy atom. The number of amides is 2. The zero-order valence-electron chi connectivity index (χ0n) is 12.6. The van der Waals surface area contributed by atoms with Crippen molar-refractivity contribution >= 4 is 29.1 Å². The molecular formula is C15H13ClFN3O5. The minimum absolute atomic E-state index is 0.0206. The fourth-order valence-corrected chi connectivity index (χ4v) is 2.26. The van der Waals surface area contributed by atoms with Crippen LogP contribution in [0.4, 0.5) is 10.1 Å². The highest BCUT2D eigenvalue weighted by Crippen LogP contribution is 2.28. The van der Waals surface area contributed by atoms with Crippen molar-refractivity contribution in [3.05, 3.63) is 52.1 Å². The molecule has 1 heterocycles. The first-order valence-electron chi connectivity index (χ1n) is 6.87. The van der Waals surface area contributed by atoms with Gasteiger partial charge in [0.1, 0.15) is 5.82 Å². The molecule has 0 saturated heterocycles. The second-order valence-electron chi connectivity index (χ2n) is 4.92. The Morgan fingerprint density at radius 3 is 2.64 bits per heavy atom. The zero-order chi connectivity index (χ0) is 18.6. The molecule has 132 valence electrons. The molecule has 2 aromatic rings. The van der Waals surface area contributed by atoms with Gasteiger partial charge in [-0.05, 0) is 17.7 Å². The molecule has 25 heavy (non-hydrogen) atoms. The third-order valence-electron chi connectivity index (χ3n) is 3.26. The van der Waals surface area contributed by atoms with Crippen LogP contribution < -0.4 is 10.8 Å². The average molecular weight is 370 g/mol. The van der Waals surface area contributed by atoms with Gasteiger partial charge in [0.05, 0.1) is 29.9 Å². The largest absolute Gasteiger partial charge is 0.505 e. The summed E-state index contributed by atoms with van der Waals surface area (Å²) in [5, 5.41) is 30.2. The molecular weight excluding hydrogens is 357 g/mol. The molecule has 0 aliphatic heterocycles. The molecule has 0 aliphatic rings. The Kier molecular flexibility index (Phi) is 5.86. The highest BCUT2D eigenvalue weighted by atomic mass is 35.5. The Hall–Kier alpha value is -2.75. The lowest BCUT2D eigenvalue weighted by Gasteiger charge is -2.13. The monoisotopic (exact) mass is 369 g/mol. The van der Waals surface area contributed by atoms with Crippen molar-refractivity contribution in [2.24, 2.45) is 0 Å². The van der Waals surface area contributed by atoms with Crippen molar-refractivity contribution in [1.29, 1.82) is 0 Å². The SMILES string of the molecule is O=C(Cc1ccc(F)c(Cl)c1)Nc1cnc(C(=O)NO)c(O)c1CO. The maximum absolute atomic E-state index is 13.1. The fourth-order valence-electron chi connectivity index (χ4n) is 2.05. The molecule has 0 aliphatic carbocycles. The molecule has 10 heteroatoms. The lowest BCUT2D eigenvalue weighted by atomic mass is 10.1. The van der Waals surface area contributed by atoms with Gasteiger partial charge in [0, 0.05) is 5.56 Å². The molecule has 0 unspecified atom stereocenters. The number of rotatable bonds is 5. The van der Waals surface area contributed by atoms with E-state index in [9.17, 15) is 24.2 Å². The number of nitrogens with zero attached hydrogens (tertiary/aromatic N) is 1. The van der Waals surface area contributed by atoms with Crippen LogP contribution in [0.1, 0.15) is 21.6 Å². The van der Waals surface area contributed by atoms with Crippen LogP contribution in [0.3, 0.4) is 0 Å². The van der Waals surface area contributed by atoms with Crippen LogP contribution in [-0.2, 0) is 17.8 Å². The molecule has 1 aromatic carbocycles. The minimum Gasteiger partial charge on any atom is -0.505 e. The summed E-state index contributed by atoms with van der Waals surface area (Å²) in [7, 11) is 0. The molecule has 0 fully saturated rings. The van der Waals surface area contributed by atoms with E-state index in [0.29, 0.717) is 5.56 Å². The quantitative estimate of drug-likeness (QED) is 0.399. The fraction of sp³-hybridized carbons (Fsp3) is 0.133. The summed E-state index contributed by atoms with van der Waals surface area (Å²) in [4.78, 5) is 27.0. The van der Waals surface area contributed by atoms with Crippen LogP contribution in [0, 0.1) is 5.82 Å². The van der Waals surface area contributed by atoms with Crippen molar-refractivity contribution < 1.29 is 29.4 Å².